The third kappa shape index (κ3) is 5.42. The lowest BCUT2D eigenvalue weighted by atomic mass is 10.1. The molecule has 0 aromatic heterocycles. The van der Waals surface area contributed by atoms with Crippen LogP contribution in [0.5, 0.6) is 5.75 Å². The molecule has 4 heteroatoms. The Bertz CT molecular complexity index is 613. The third-order valence-electron chi connectivity index (χ3n) is 3.60. The van der Waals surface area contributed by atoms with Crippen molar-refractivity contribution in [2.24, 2.45) is 0 Å². The number of rotatable bonds is 8. The summed E-state index contributed by atoms with van der Waals surface area (Å²) in [6, 6.07) is 17.6. The number of para-hydroxylation sites is 1. The molecule has 4 nitrogen and oxygen atoms in total. The molecule has 0 saturated carbocycles. The summed E-state index contributed by atoms with van der Waals surface area (Å²) in [5.74, 6) is 0.742. The van der Waals surface area contributed by atoms with Crippen LogP contribution in [0.1, 0.15) is 18.1 Å². The monoisotopic (exact) mass is 313 g/mol. The Morgan fingerprint density at radius 1 is 1.09 bits per heavy atom. The minimum atomic E-state index is -0.479. The molecule has 0 radical (unpaired) electrons. The Balaban J connectivity index is 1.73. The smallest absolute Gasteiger partial charge is 0.248 e. The van der Waals surface area contributed by atoms with E-state index in [1.165, 1.54) is 0 Å². The minimum absolute atomic E-state index is 0.101. The molecule has 0 aliphatic carbocycles. The molecule has 0 aliphatic rings. The Morgan fingerprint density at radius 3 is 2.52 bits per heavy atom. The van der Waals surface area contributed by atoms with Crippen LogP contribution >= 0.6 is 0 Å². The van der Waals surface area contributed by atoms with Crippen molar-refractivity contribution < 1.29 is 14.3 Å². The van der Waals surface area contributed by atoms with E-state index in [9.17, 15) is 4.79 Å². The summed E-state index contributed by atoms with van der Waals surface area (Å²) < 4.78 is 10.9. The molecule has 23 heavy (non-hydrogen) atoms. The lowest BCUT2D eigenvalue weighted by Crippen LogP contribution is -2.35. The molecule has 0 spiro atoms. The predicted molar refractivity (Wildman–Crippen MR) is 90.4 cm³/mol. The second-order valence-corrected chi connectivity index (χ2v) is 5.29. The average Bonchev–Trinajstić information content (AvgIpc) is 2.60. The van der Waals surface area contributed by atoms with E-state index in [4.69, 9.17) is 9.47 Å². The second kappa shape index (κ2) is 8.96. The fourth-order valence-electron chi connectivity index (χ4n) is 2.24. The number of carbonyl (C=O) groups excluding carboxylic acids is 1. The standard InChI is InChI=1S/C19H23NO3/c1-15(23-14-16-8-4-3-5-9-16)19(21)20-13-12-17-10-6-7-11-18(17)22-2/h3-11,15H,12-14H2,1-2H3,(H,20,21)/t15-/m0/s1. The quantitative estimate of drug-likeness (QED) is 0.815. The first-order valence-electron chi connectivity index (χ1n) is 7.76. The van der Waals surface area contributed by atoms with Gasteiger partial charge in [0.15, 0.2) is 0 Å². The normalized spacial score (nSPS) is 11.7. The van der Waals surface area contributed by atoms with Gasteiger partial charge in [-0.3, -0.25) is 4.79 Å². The van der Waals surface area contributed by atoms with Crippen LogP contribution in [0.3, 0.4) is 0 Å². The highest BCUT2D eigenvalue weighted by Crippen LogP contribution is 2.17. The lowest BCUT2D eigenvalue weighted by Gasteiger charge is -2.14. The zero-order chi connectivity index (χ0) is 16.5. The molecule has 1 N–H and O–H groups in total. The second-order valence-electron chi connectivity index (χ2n) is 5.29. The van der Waals surface area contributed by atoms with Crippen molar-refractivity contribution in [3.8, 4) is 5.75 Å². The van der Waals surface area contributed by atoms with Crippen LogP contribution in [0.2, 0.25) is 0 Å². The van der Waals surface area contributed by atoms with Gasteiger partial charge in [0.25, 0.3) is 0 Å². The number of benzene rings is 2. The van der Waals surface area contributed by atoms with E-state index in [0.29, 0.717) is 13.2 Å². The minimum Gasteiger partial charge on any atom is -0.496 e. The molecular formula is C19H23NO3. The molecule has 2 aromatic carbocycles. The maximum absolute atomic E-state index is 12.0. The first-order chi connectivity index (χ1) is 11.2. The number of amides is 1. The summed E-state index contributed by atoms with van der Waals surface area (Å²) in [7, 11) is 1.65. The van der Waals surface area contributed by atoms with Crippen molar-refractivity contribution in [2.45, 2.75) is 26.1 Å². The molecule has 0 fully saturated rings. The van der Waals surface area contributed by atoms with Crippen LogP contribution < -0.4 is 10.1 Å². The van der Waals surface area contributed by atoms with Gasteiger partial charge in [-0.1, -0.05) is 48.5 Å². The van der Waals surface area contributed by atoms with Gasteiger partial charge in [-0.25, -0.2) is 0 Å². The van der Waals surface area contributed by atoms with Crippen LogP contribution in [0, 0.1) is 0 Å². The molecular weight excluding hydrogens is 290 g/mol. The average molecular weight is 313 g/mol. The van der Waals surface area contributed by atoms with Crippen LogP contribution in [0.25, 0.3) is 0 Å². The molecule has 1 atom stereocenters. The van der Waals surface area contributed by atoms with Crippen molar-refractivity contribution in [1.29, 1.82) is 0 Å². The summed E-state index contributed by atoms with van der Waals surface area (Å²) in [6.45, 7) is 2.75. The van der Waals surface area contributed by atoms with E-state index in [-0.39, 0.29) is 5.91 Å². The zero-order valence-corrected chi connectivity index (χ0v) is 13.6. The SMILES string of the molecule is COc1ccccc1CCNC(=O)[C@H](C)OCc1ccccc1. The number of ether oxygens (including phenoxy) is 2. The zero-order valence-electron chi connectivity index (χ0n) is 13.6. The van der Waals surface area contributed by atoms with Gasteiger partial charge >= 0.3 is 0 Å². The highest BCUT2D eigenvalue weighted by Gasteiger charge is 2.13. The molecule has 2 rings (SSSR count). The van der Waals surface area contributed by atoms with E-state index < -0.39 is 6.10 Å². The van der Waals surface area contributed by atoms with Crippen LogP contribution in [0.15, 0.2) is 54.6 Å². The van der Waals surface area contributed by atoms with Gasteiger partial charge in [-0.15, -0.1) is 0 Å². The molecule has 0 unspecified atom stereocenters. The molecule has 2 aromatic rings. The predicted octanol–water partition coefficient (Wildman–Crippen LogP) is 2.96. The molecule has 1 amide bonds. The maximum atomic E-state index is 12.0. The van der Waals surface area contributed by atoms with E-state index in [1.54, 1.807) is 14.0 Å². The van der Waals surface area contributed by atoms with Crippen molar-refractivity contribution in [2.75, 3.05) is 13.7 Å². The Hall–Kier alpha value is -2.33. The Labute approximate surface area is 137 Å². The van der Waals surface area contributed by atoms with E-state index in [0.717, 1.165) is 23.3 Å². The maximum Gasteiger partial charge on any atom is 0.248 e. The topological polar surface area (TPSA) is 47.6 Å². The molecule has 122 valence electrons. The summed E-state index contributed by atoms with van der Waals surface area (Å²) in [6.07, 6.45) is 0.245. The van der Waals surface area contributed by atoms with Gasteiger partial charge in [-0.05, 0) is 30.5 Å². The van der Waals surface area contributed by atoms with E-state index in [2.05, 4.69) is 5.32 Å². The summed E-state index contributed by atoms with van der Waals surface area (Å²) in [5.41, 5.74) is 2.13. The largest absolute Gasteiger partial charge is 0.496 e. The fourth-order valence-corrected chi connectivity index (χ4v) is 2.24. The van der Waals surface area contributed by atoms with E-state index in [1.807, 2.05) is 54.6 Å². The van der Waals surface area contributed by atoms with Crippen LogP contribution in [-0.2, 0) is 22.6 Å². The van der Waals surface area contributed by atoms with Crippen molar-refractivity contribution in [1.82, 2.24) is 5.32 Å². The van der Waals surface area contributed by atoms with Gasteiger partial charge in [-0.2, -0.15) is 0 Å². The molecule has 0 aliphatic heterocycles. The number of hydrogen-bond donors (Lipinski definition) is 1. The molecule has 0 saturated heterocycles. The number of hydrogen-bond acceptors (Lipinski definition) is 3. The van der Waals surface area contributed by atoms with Gasteiger partial charge < -0.3 is 14.8 Å². The highest BCUT2D eigenvalue weighted by molar-refractivity contribution is 5.80. The number of carbonyl (C=O) groups is 1. The highest BCUT2D eigenvalue weighted by atomic mass is 16.5. The lowest BCUT2D eigenvalue weighted by molar-refractivity contribution is -0.132. The summed E-state index contributed by atoms with van der Waals surface area (Å²) >= 11 is 0. The van der Waals surface area contributed by atoms with Crippen molar-refractivity contribution in [3.63, 3.8) is 0 Å². The Kier molecular flexibility index (Phi) is 6.63. The summed E-state index contributed by atoms with van der Waals surface area (Å²) in [4.78, 5) is 12.0. The first kappa shape index (κ1) is 17.0. The Morgan fingerprint density at radius 2 is 1.78 bits per heavy atom. The van der Waals surface area contributed by atoms with Crippen molar-refractivity contribution >= 4 is 5.91 Å². The van der Waals surface area contributed by atoms with Gasteiger partial charge in [0.05, 0.1) is 13.7 Å². The third-order valence-corrected chi connectivity index (χ3v) is 3.60. The first-order valence-corrected chi connectivity index (χ1v) is 7.76. The molecule has 0 heterocycles. The number of methoxy groups -OCH3 is 1. The van der Waals surface area contributed by atoms with E-state index >= 15 is 0 Å². The van der Waals surface area contributed by atoms with Gasteiger partial charge in [0.2, 0.25) is 5.91 Å². The van der Waals surface area contributed by atoms with Crippen molar-refractivity contribution in [3.05, 3.63) is 65.7 Å². The summed E-state index contributed by atoms with van der Waals surface area (Å²) in [5, 5.41) is 2.90. The number of nitrogens with one attached hydrogen (secondary N) is 1. The van der Waals surface area contributed by atoms with Gasteiger partial charge in [0, 0.05) is 6.54 Å². The molecule has 0 bridgehead atoms. The van der Waals surface area contributed by atoms with Crippen LogP contribution in [0.4, 0.5) is 0 Å². The van der Waals surface area contributed by atoms with Crippen LogP contribution in [-0.4, -0.2) is 25.7 Å². The van der Waals surface area contributed by atoms with Gasteiger partial charge in [0.1, 0.15) is 11.9 Å². The fraction of sp³-hybridized carbons (Fsp3) is 0.316.